The molecule has 0 saturated carbocycles. The van der Waals surface area contributed by atoms with Crippen molar-refractivity contribution in [2.75, 3.05) is 0 Å². The molecular weight excluding hydrogens is 232 g/mol. The molecule has 0 fully saturated rings. The Hall–Kier alpha value is -1.26. The molecule has 0 radical (unpaired) electrons. The van der Waals surface area contributed by atoms with E-state index in [1.807, 2.05) is 13.8 Å². The average Bonchev–Trinajstić information content (AvgIpc) is 2.15. The van der Waals surface area contributed by atoms with Crippen LogP contribution in [0, 0.1) is 5.41 Å². The third-order valence-corrected chi connectivity index (χ3v) is 3.62. The molecule has 5 heteroatoms. The molecule has 0 rings (SSSR count). The fourth-order valence-electron chi connectivity index (χ4n) is 1.47. The highest BCUT2D eigenvalue weighted by Crippen LogP contribution is 2.30. The Balaban J connectivity index is 4.59. The van der Waals surface area contributed by atoms with E-state index in [0.29, 0.717) is 0 Å². The number of urea groups is 1. The monoisotopic (exact) mass is 258 g/mol. The SMILES string of the molecule is CCCC(C)NC(=O)NC(C)(C)C(C)(C)C(=O)O. The van der Waals surface area contributed by atoms with Gasteiger partial charge in [-0.3, -0.25) is 4.79 Å². The maximum Gasteiger partial charge on any atom is 0.315 e. The van der Waals surface area contributed by atoms with Crippen molar-refractivity contribution in [3.8, 4) is 0 Å². The Labute approximate surface area is 109 Å². The van der Waals surface area contributed by atoms with Gasteiger partial charge in [-0.05, 0) is 41.0 Å². The molecule has 0 aliphatic rings. The minimum Gasteiger partial charge on any atom is -0.481 e. The van der Waals surface area contributed by atoms with Crippen molar-refractivity contribution in [1.82, 2.24) is 10.6 Å². The standard InChI is InChI=1S/C13H26N2O3/c1-7-8-9(2)14-11(18)15-13(5,6)12(3,4)10(16)17/h9H,7-8H2,1-6H3,(H,16,17)(H2,14,15,18). The van der Waals surface area contributed by atoms with Crippen LogP contribution < -0.4 is 10.6 Å². The van der Waals surface area contributed by atoms with Crippen molar-refractivity contribution < 1.29 is 14.7 Å². The lowest BCUT2D eigenvalue weighted by atomic mass is 9.74. The fourth-order valence-corrected chi connectivity index (χ4v) is 1.47. The number of hydrogen-bond donors (Lipinski definition) is 3. The zero-order valence-corrected chi connectivity index (χ0v) is 12.3. The van der Waals surface area contributed by atoms with Gasteiger partial charge in [0.1, 0.15) is 0 Å². The first kappa shape index (κ1) is 16.7. The van der Waals surface area contributed by atoms with Crippen molar-refractivity contribution >= 4 is 12.0 Å². The first-order valence-electron chi connectivity index (χ1n) is 6.36. The Morgan fingerprint density at radius 3 is 2.11 bits per heavy atom. The Morgan fingerprint density at radius 1 is 1.22 bits per heavy atom. The molecule has 106 valence electrons. The molecule has 0 saturated heterocycles. The van der Waals surface area contributed by atoms with E-state index in [2.05, 4.69) is 10.6 Å². The van der Waals surface area contributed by atoms with E-state index >= 15 is 0 Å². The summed E-state index contributed by atoms with van der Waals surface area (Å²) < 4.78 is 0. The topological polar surface area (TPSA) is 78.4 Å². The second kappa shape index (κ2) is 6.07. The van der Waals surface area contributed by atoms with Gasteiger partial charge in [0.05, 0.1) is 11.0 Å². The van der Waals surface area contributed by atoms with Gasteiger partial charge < -0.3 is 15.7 Å². The summed E-state index contributed by atoms with van der Waals surface area (Å²) >= 11 is 0. The third kappa shape index (κ3) is 4.20. The number of carboxylic acid groups (broad SMARTS) is 1. The van der Waals surface area contributed by atoms with Crippen molar-refractivity contribution in [1.29, 1.82) is 0 Å². The molecule has 3 N–H and O–H groups in total. The van der Waals surface area contributed by atoms with Gasteiger partial charge in [-0.2, -0.15) is 0 Å². The summed E-state index contributed by atoms with van der Waals surface area (Å²) in [6.45, 7) is 10.6. The molecule has 0 aliphatic carbocycles. The molecule has 1 unspecified atom stereocenters. The third-order valence-electron chi connectivity index (χ3n) is 3.62. The summed E-state index contributed by atoms with van der Waals surface area (Å²) in [5.74, 6) is -0.936. The van der Waals surface area contributed by atoms with Crippen molar-refractivity contribution in [2.24, 2.45) is 5.41 Å². The van der Waals surface area contributed by atoms with Gasteiger partial charge in [0, 0.05) is 6.04 Å². The van der Waals surface area contributed by atoms with E-state index in [1.165, 1.54) is 0 Å². The van der Waals surface area contributed by atoms with Gasteiger partial charge in [-0.25, -0.2) is 4.79 Å². The van der Waals surface area contributed by atoms with Crippen molar-refractivity contribution in [3.63, 3.8) is 0 Å². The largest absolute Gasteiger partial charge is 0.481 e. The van der Waals surface area contributed by atoms with Crippen LogP contribution in [0.3, 0.4) is 0 Å². The number of rotatable bonds is 6. The summed E-state index contributed by atoms with van der Waals surface area (Å²) in [4.78, 5) is 23.0. The molecule has 0 spiro atoms. The Bertz CT molecular complexity index is 311. The van der Waals surface area contributed by atoms with Gasteiger partial charge >= 0.3 is 12.0 Å². The highest BCUT2D eigenvalue weighted by molar-refractivity contribution is 5.79. The summed E-state index contributed by atoms with van der Waals surface area (Å²) in [7, 11) is 0. The number of carbonyl (C=O) groups is 2. The van der Waals surface area contributed by atoms with Gasteiger partial charge in [-0.15, -0.1) is 0 Å². The predicted molar refractivity (Wildman–Crippen MR) is 71.5 cm³/mol. The fraction of sp³-hybridized carbons (Fsp3) is 0.846. The normalized spacial score (nSPS) is 13.9. The minimum atomic E-state index is -1.04. The molecule has 0 bridgehead atoms. The van der Waals surface area contributed by atoms with Crippen LogP contribution in [0.4, 0.5) is 4.79 Å². The number of amides is 2. The quantitative estimate of drug-likeness (QED) is 0.684. The van der Waals surface area contributed by atoms with E-state index in [-0.39, 0.29) is 12.1 Å². The Kier molecular flexibility index (Phi) is 5.64. The zero-order chi connectivity index (χ0) is 14.6. The number of aliphatic carboxylic acids is 1. The van der Waals surface area contributed by atoms with Crippen LogP contribution in [0.1, 0.15) is 54.4 Å². The first-order chi connectivity index (χ1) is 8.04. The van der Waals surface area contributed by atoms with Crippen LogP contribution in [0.15, 0.2) is 0 Å². The summed E-state index contributed by atoms with van der Waals surface area (Å²) in [5.41, 5.74) is -1.88. The summed E-state index contributed by atoms with van der Waals surface area (Å²) in [5, 5.41) is 14.7. The maximum atomic E-state index is 11.8. The van der Waals surface area contributed by atoms with Gasteiger partial charge in [0.25, 0.3) is 0 Å². The second-order valence-corrected chi connectivity index (χ2v) is 5.84. The molecule has 0 heterocycles. The van der Waals surface area contributed by atoms with E-state index < -0.39 is 16.9 Å². The zero-order valence-electron chi connectivity index (χ0n) is 12.3. The smallest absolute Gasteiger partial charge is 0.315 e. The maximum absolute atomic E-state index is 11.8. The van der Waals surface area contributed by atoms with E-state index in [4.69, 9.17) is 0 Å². The number of carbonyl (C=O) groups excluding carboxylic acids is 1. The molecule has 2 amide bonds. The van der Waals surface area contributed by atoms with E-state index in [0.717, 1.165) is 12.8 Å². The molecular formula is C13H26N2O3. The highest BCUT2D eigenvalue weighted by Gasteiger charge is 2.44. The highest BCUT2D eigenvalue weighted by atomic mass is 16.4. The lowest BCUT2D eigenvalue weighted by Gasteiger charge is -2.39. The second-order valence-electron chi connectivity index (χ2n) is 5.84. The lowest BCUT2D eigenvalue weighted by molar-refractivity contribution is -0.150. The summed E-state index contributed by atoms with van der Waals surface area (Å²) in [6.07, 6.45) is 1.89. The molecule has 18 heavy (non-hydrogen) atoms. The minimum absolute atomic E-state index is 0.0822. The van der Waals surface area contributed by atoms with Gasteiger partial charge in [0.15, 0.2) is 0 Å². The lowest BCUT2D eigenvalue weighted by Crippen LogP contribution is -2.59. The number of hydrogen-bond acceptors (Lipinski definition) is 2. The van der Waals surface area contributed by atoms with Gasteiger partial charge in [-0.1, -0.05) is 13.3 Å². The van der Waals surface area contributed by atoms with Crippen molar-refractivity contribution in [2.45, 2.75) is 66.0 Å². The van der Waals surface area contributed by atoms with Crippen LogP contribution in [0.2, 0.25) is 0 Å². The van der Waals surface area contributed by atoms with E-state index in [9.17, 15) is 14.7 Å². The summed E-state index contributed by atoms with van der Waals surface area (Å²) in [6, 6.07) is -0.242. The van der Waals surface area contributed by atoms with Crippen molar-refractivity contribution in [3.05, 3.63) is 0 Å². The molecule has 5 nitrogen and oxygen atoms in total. The van der Waals surface area contributed by atoms with Crippen LogP contribution in [0.25, 0.3) is 0 Å². The number of nitrogens with one attached hydrogen (secondary N) is 2. The van der Waals surface area contributed by atoms with Gasteiger partial charge in [0.2, 0.25) is 0 Å². The molecule has 0 aromatic carbocycles. The van der Waals surface area contributed by atoms with Crippen LogP contribution in [-0.2, 0) is 4.79 Å². The van der Waals surface area contributed by atoms with Crippen LogP contribution in [-0.4, -0.2) is 28.7 Å². The average molecular weight is 258 g/mol. The molecule has 0 aromatic heterocycles. The molecule has 0 aliphatic heterocycles. The van der Waals surface area contributed by atoms with Crippen LogP contribution in [0.5, 0.6) is 0 Å². The predicted octanol–water partition coefficient (Wildman–Crippen LogP) is 2.36. The van der Waals surface area contributed by atoms with E-state index in [1.54, 1.807) is 27.7 Å². The van der Waals surface area contributed by atoms with Crippen LogP contribution >= 0.6 is 0 Å². The first-order valence-corrected chi connectivity index (χ1v) is 6.36. The Morgan fingerprint density at radius 2 is 1.72 bits per heavy atom. The molecule has 0 aromatic rings. The molecule has 1 atom stereocenters. The number of carboxylic acids is 1.